The normalized spacial score (nSPS) is 11.3. The minimum Gasteiger partial charge on any atom is -0.476 e. The van der Waals surface area contributed by atoms with Crippen molar-refractivity contribution in [2.45, 2.75) is 20.0 Å². The Hall–Kier alpha value is -2.40. The number of fused-ring (bicyclic) bond motifs is 1. The van der Waals surface area contributed by atoms with E-state index in [2.05, 4.69) is 19.9 Å². The summed E-state index contributed by atoms with van der Waals surface area (Å²) < 4.78 is 6.86. The Balaban J connectivity index is 2.28. The fraction of sp³-hybridized carbons (Fsp3) is 0.438. The molecule has 2 aromatic heterocycles. The van der Waals surface area contributed by atoms with E-state index in [4.69, 9.17) is 17.0 Å². The summed E-state index contributed by atoms with van der Waals surface area (Å²) in [5.74, 6) is -0.0628. The van der Waals surface area contributed by atoms with E-state index in [1.807, 2.05) is 13.8 Å². The zero-order valence-corrected chi connectivity index (χ0v) is 17.3. The van der Waals surface area contributed by atoms with Crippen LogP contribution in [0.1, 0.15) is 24.3 Å². The van der Waals surface area contributed by atoms with Gasteiger partial charge in [0.25, 0.3) is 5.56 Å². The molecule has 2 heterocycles. The Morgan fingerprint density at radius 2 is 2.15 bits per heavy atom. The highest BCUT2D eigenvalue weighted by Crippen LogP contribution is 2.13. The summed E-state index contributed by atoms with van der Waals surface area (Å²) in [4.78, 5) is 43.2. The molecule has 0 radical (unpaired) electrons. The molecular formula is C16H20N6O3S2. The van der Waals surface area contributed by atoms with Gasteiger partial charge in [0.1, 0.15) is 5.69 Å². The Morgan fingerprint density at radius 3 is 2.78 bits per heavy atom. The molecule has 27 heavy (non-hydrogen) atoms. The van der Waals surface area contributed by atoms with Gasteiger partial charge < -0.3 is 9.64 Å². The lowest BCUT2D eigenvalue weighted by atomic mass is 10.3. The SMILES string of the molecule is CC(C)OC(=S)SCC(=O)c1cnc2nc(/N=C/N(C)C)n(C)c(=O)c2n1. The minimum absolute atomic E-state index is 0.0122. The van der Waals surface area contributed by atoms with E-state index in [0.717, 1.165) is 11.8 Å². The Bertz CT molecular complexity index is 955. The number of thioether (sulfide) groups is 1. The average Bonchev–Trinajstić information content (AvgIpc) is 2.60. The molecule has 11 heteroatoms. The molecule has 0 aliphatic heterocycles. The van der Waals surface area contributed by atoms with Crippen LogP contribution in [0.4, 0.5) is 5.95 Å². The van der Waals surface area contributed by atoms with Crippen LogP contribution in [0, 0.1) is 0 Å². The second-order valence-corrected chi connectivity index (χ2v) is 7.62. The molecule has 0 fully saturated rings. The van der Waals surface area contributed by atoms with Crippen LogP contribution < -0.4 is 5.56 Å². The highest BCUT2D eigenvalue weighted by molar-refractivity contribution is 8.23. The summed E-state index contributed by atoms with van der Waals surface area (Å²) in [5.41, 5.74) is -0.213. The Labute approximate surface area is 165 Å². The first-order chi connectivity index (χ1) is 12.7. The quantitative estimate of drug-likeness (QED) is 0.305. The number of nitrogens with zero attached hydrogens (tertiary/aromatic N) is 6. The van der Waals surface area contributed by atoms with Crippen molar-refractivity contribution in [1.82, 2.24) is 24.4 Å². The van der Waals surface area contributed by atoms with Crippen molar-refractivity contribution in [3.8, 4) is 0 Å². The zero-order valence-electron chi connectivity index (χ0n) is 15.7. The van der Waals surface area contributed by atoms with Crippen molar-refractivity contribution in [3.63, 3.8) is 0 Å². The number of hydrogen-bond donors (Lipinski definition) is 0. The van der Waals surface area contributed by atoms with Crippen LogP contribution in [0.5, 0.6) is 0 Å². The number of aliphatic imine (C=N–C) groups is 1. The molecule has 2 rings (SSSR count). The molecule has 0 aliphatic carbocycles. The molecule has 0 bridgehead atoms. The summed E-state index contributed by atoms with van der Waals surface area (Å²) in [7, 11) is 5.14. The van der Waals surface area contributed by atoms with Crippen molar-refractivity contribution in [1.29, 1.82) is 0 Å². The lowest BCUT2D eigenvalue weighted by Gasteiger charge is -2.09. The maximum Gasteiger partial charge on any atom is 0.282 e. The highest BCUT2D eigenvalue weighted by Gasteiger charge is 2.16. The summed E-state index contributed by atoms with van der Waals surface area (Å²) >= 11 is 6.14. The molecule has 0 N–H and O–H groups in total. The predicted molar refractivity (Wildman–Crippen MR) is 110 cm³/mol. The van der Waals surface area contributed by atoms with E-state index in [-0.39, 0.29) is 44.8 Å². The van der Waals surface area contributed by atoms with Crippen molar-refractivity contribution in [2.75, 3.05) is 19.8 Å². The topological polar surface area (TPSA) is 103 Å². The van der Waals surface area contributed by atoms with Gasteiger partial charge in [-0.05, 0) is 26.1 Å². The van der Waals surface area contributed by atoms with Gasteiger partial charge in [-0.1, -0.05) is 11.8 Å². The molecule has 144 valence electrons. The molecule has 0 aromatic carbocycles. The van der Waals surface area contributed by atoms with Gasteiger partial charge in [0.05, 0.1) is 24.4 Å². The van der Waals surface area contributed by atoms with Crippen LogP contribution in [-0.4, -0.2) is 66.9 Å². The summed E-state index contributed by atoms with van der Waals surface area (Å²) in [6, 6.07) is 0. The van der Waals surface area contributed by atoms with Gasteiger partial charge in [0, 0.05) is 21.1 Å². The number of rotatable bonds is 6. The molecule has 2 aromatic rings. The standard InChI is InChI=1S/C16H20N6O3S2/c1-9(2)25-16(26)27-7-11(23)10-6-17-13-12(19-10)14(24)22(5)15(20-13)18-8-21(3)4/h6,8-9H,7H2,1-5H3/b18-8+. The number of ether oxygens (including phenoxy) is 1. The summed E-state index contributed by atoms with van der Waals surface area (Å²) in [5, 5.41) is 0. The van der Waals surface area contributed by atoms with Crippen molar-refractivity contribution >= 4 is 57.6 Å². The molecule has 0 unspecified atom stereocenters. The fourth-order valence-electron chi connectivity index (χ4n) is 1.87. The monoisotopic (exact) mass is 408 g/mol. The van der Waals surface area contributed by atoms with Crippen molar-refractivity contribution in [2.24, 2.45) is 12.0 Å². The second kappa shape index (κ2) is 9.00. The maximum absolute atomic E-state index is 12.5. The van der Waals surface area contributed by atoms with Gasteiger partial charge in [0.15, 0.2) is 16.9 Å². The van der Waals surface area contributed by atoms with Gasteiger partial charge in [-0.15, -0.1) is 0 Å². The Kier molecular flexibility index (Phi) is 6.97. The van der Waals surface area contributed by atoms with Crippen LogP contribution in [0.25, 0.3) is 11.2 Å². The third-order valence-electron chi connectivity index (χ3n) is 3.11. The zero-order chi connectivity index (χ0) is 20.1. The fourth-order valence-corrected chi connectivity index (χ4v) is 2.90. The Morgan fingerprint density at radius 1 is 1.44 bits per heavy atom. The lowest BCUT2D eigenvalue weighted by Crippen LogP contribution is -2.21. The summed E-state index contributed by atoms with van der Waals surface area (Å²) in [6.07, 6.45) is 2.76. The van der Waals surface area contributed by atoms with Crippen LogP contribution >= 0.6 is 24.0 Å². The van der Waals surface area contributed by atoms with E-state index in [0.29, 0.717) is 0 Å². The molecule has 0 saturated carbocycles. The van der Waals surface area contributed by atoms with E-state index in [1.54, 1.807) is 19.0 Å². The lowest BCUT2D eigenvalue weighted by molar-refractivity contribution is 0.101. The van der Waals surface area contributed by atoms with E-state index < -0.39 is 5.56 Å². The third-order valence-corrected chi connectivity index (χ3v) is 4.30. The molecular weight excluding hydrogens is 388 g/mol. The van der Waals surface area contributed by atoms with E-state index in [9.17, 15) is 9.59 Å². The maximum atomic E-state index is 12.5. The number of carbonyl (C=O) groups is 1. The van der Waals surface area contributed by atoms with Crippen LogP contribution in [0.3, 0.4) is 0 Å². The first kappa shape index (κ1) is 20.9. The van der Waals surface area contributed by atoms with Gasteiger partial charge in [-0.25, -0.2) is 15.0 Å². The van der Waals surface area contributed by atoms with Crippen LogP contribution in [0.2, 0.25) is 0 Å². The smallest absolute Gasteiger partial charge is 0.282 e. The van der Waals surface area contributed by atoms with Gasteiger partial charge in [0.2, 0.25) is 10.3 Å². The predicted octanol–water partition coefficient (Wildman–Crippen LogP) is 1.57. The molecule has 0 amide bonds. The van der Waals surface area contributed by atoms with E-state index >= 15 is 0 Å². The number of carbonyl (C=O) groups excluding carboxylic acids is 1. The molecule has 0 saturated heterocycles. The molecule has 0 spiro atoms. The summed E-state index contributed by atoms with van der Waals surface area (Å²) in [6.45, 7) is 3.70. The van der Waals surface area contributed by atoms with E-state index in [1.165, 1.54) is 24.2 Å². The second-order valence-electron chi connectivity index (χ2n) is 6.04. The van der Waals surface area contributed by atoms with Gasteiger partial charge in [-0.2, -0.15) is 4.98 Å². The third kappa shape index (κ3) is 5.54. The first-order valence-corrected chi connectivity index (χ1v) is 9.39. The number of thiocarbonyl (C=S) groups is 1. The van der Waals surface area contributed by atoms with Gasteiger partial charge in [-0.3, -0.25) is 14.2 Å². The van der Waals surface area contributed by atoms with Crippen molar-refractivity contribution in [3.05, 3.63) is 22.2 Å². The minimum atomic E-state index is -0.431. The number of ketones is 1. The van der Waals surface area contributed by atoms with Gasteiger partial charge >= 0.3 is 0 Å². The number of hydrogen-bond acceptors (Lipinski definition) is 9. The van der Waals surface area contributed by atoms with Crippen molar-refractivity contribution < 1.29 is 9.53 Å². The molecule has 9 nitrogen and oxygen atoms in total. The first-order valence-electron chi connectivity index (χ1n) is 8.00. The largest absolute Gasteiger partial charge is 0.476 e. The molecule has 0 atom stereocenters. The van der Waals surface area contributed by atoms with Crippen LogP contribution in [-0.2, 0) is 11.8 Å². The number of aromatic nitrogens is 4. The van der Waals surface area contributed by atoms with Crippen LogP contribution in [0.15, 0.2) is 16.0 Å². The highest BCUT2D eigenvalue weighted by atomic mass is 32.2. The molecule has 0 aliphatic rings. The number of Topliss-reactive ketones (excluding diaryl/α,β-unsaturated/α-hetero) is 1. The average molecular weight is 409 g/mol.